The number of benzene rings is 2. The topological polar surface area (TPSA) is 179 Å². The van der Waals surface area contributed by atoms with Gasteiger partial charge in [-0.3, -0.25) is 9.59 Å². The van der Waals surface area contributed by atoms with Crippen LogP contribution < -0.4 is 16.2 Å². The summed E-state index contributed by atoms with van der Waals surface area (Å²) >= 11 is 8.79. The molecule has 2 heterocycles. The first-order valence-corrected chi connectivity index (χ1v) is 15.3. The van der Waals surface area contributed by atoms with E-state index in [1.165, 1.54) is 23.1 Å². The van der Waals surface area contributed by atoms with Gasteiger partial charge in [-0.25, -0.2) is 14.8 Å². The second-order valence-electron chi connectivity index (χ2n) is 9.14. The number of thioether (sulfide) groups is 1. The lowest BCUT2D eigenvalue weighted by atomic mass is 10.00. The lowest BCUT2D eigenvalue weighted by molar-refractivity contribution is -0.146. The molecule has 1 atom stereocenters. The van der Waals surface area contributed by atoms with Gasteiger partial charge in [-0.1, -0.05) is 47.6 Å². The van der Waals surface area contributed by atoms with Crippen LogP contribution >= 0.6 is 34.7 Å². The smallest absolute Gasteiger partial charge is 0.323 e. The largest absolute Gasteiger partial charge is 0.490 e. The normalized spacial score (nSPS) is 11.3. The number of carboxylic acid groups (broad SMARTS) is 1. The molecular formula is C30H25ClN6O5S2. The predicted octanol–water partition coefficient (Wildman–Crippen LogP) is 5.94. The van der Waals surface area contributed by atoms with Crippen molar-refractivity contribution in [2.75, 3.05) is 18.9 Å². The van der Waals surface area contributed by atoms with Gasteiger partial charge in [-0.2, -0.15) is 5.26 Å². The summed E-state index contributed by atoms with van der Waals surface area (Å²) < 4.78 is 10.7. The predicted molar refractivity (Wildman–Crippen MR) is 168 cm³/mol. The van der Waals surface area contributed by atoms with Crippen molar-refractivity contribution in [1.29, 1.82) is 5.26 Å². The number of halogens is 1. The molecule has 0 fully saturated rings. The maximum Gasteiger partial charge on any atom is 0.323 e. The molecule has 0 aliphatic carbocycles. The molecule has 0 radical (unpaired) electrons. The van der Waals surface area contributed by atoms with E-state index in [4.69, 9.17) is 44.2 Å². The van der Waals surface area contributed by atoms with E-state index < -0.39 is 18.0 Å². The third kappa shape index (κ3) is 8.24. The molecule has 14 heteroatoms. The molecule has 2 aromatic carbocycles. The number of pyridine rings is 1. The van der Waals surface area contributed by atoms with Crippen LogP contribution in [-0.2, 0) is 20.1 Å². The molecule has 0 aliphatic heterocycles. The minimum absolute atomic E-state index is 0.0142. The minimum Gasteiger partial charge on any atom is -0.490 e. The second kappa shape index (κ2) is 15.2. The molecular weight excluding hydrogens is 624 g/mol. The molecule has 224 valence electrons. The van der Waals surface area contributed by atoms with Crippen molar-refractivity contribution < 1.29 is 24.2 Å². The highest BCUT2D eigenvalue weighted by atomic mass is 35.5. The number of aliphatic carboxylic acids is 1. The number of nitrogen functional groups attached to an aromatic ring is 1. The van der Waals surface area contributed by atoms with Crippen LogP contribution in [0.5, 0.6) is 5.75 Å². The number of thiazole rings is 1. The molecule has 2 aromatic heterocycles. The molecule has 0 bridgehead atoms. The van der Waals surface area contributed by atoms with E-state index in [0.717, 1.165) is 16.3 Å². The summed E-state index contributed by atoms with van der Waals surface area (Å²) in [4.78, 5) is 35.1. The Morgan fingerprint density at radius 1 is 1.14 bits per heavy atom. The van der Waals surface area contributed by atoms with Gasteiger partial charge in [-0.15, -0.1) is 11.3 Å². The van der Waals surface area contributed by atoms with Gasteiger partial charge in [0.1, 0.15) is 46.9 Å². The van der Waals surface area contributed by atoms with Crippen molar-refractivity contribution >= 4 is 58.1 Å². The maximum atomic E-state index is 11.9. The van der Waals surface area contributed by atoms with Gasteiger partial charge < -0.3 is 26.0 Å². The third-order valence-corrected chi connectivity index (χ3v) is 8.30. The summed E-state index contributed by atoms with van der Waals surface area (Å²) in [5.74, 6) is -0.847. The number of aromatic nitrogens is 2. The number of nitriles is 1. The van der Waals surface area contributed by atoms with E-state index in [0.29, 0.717) is 32.7 Å². The Kier molecular flexibility index (Phi) is 11.1. The molecule has 4 rings (SSSR count). The van der Waals surface area contributed by atoms with Gasteiger partial charge in [0.05, 0.1) is 17.8 Å². The van der Waals surface area contributed by atoms with Crippen molar-refractivity contribution in [2.45, 2.75) is 29.7 Å². The highest BCUT2D eigenvalue weighted by Gasteiger charge is 2.21. The Labute approximate surface area is 266 Å². The first-order chi connectivity index (χ1) is 21.2. The molecule has 0 amide bonds. The first-order valence-electron chi connectivity index (χ1n) is 13.0. The SMILES string of the molecule is [C-]#[N+]c1c(N)nc(SCc2csc(-c3ccc(Cl)cc3)n2)c(C#N)c1-c1ccc(OCCOC(=O)[C@@H](N)CCC(=O)O)cc1. The Morgan fingerprint density at radius 3 is 2.50 bits per heavy atom. The van der Waals surface area contributed by atoms with Gasteiger partial charge >= 0.3 is 11.9 Å². The standard InChI is InChI=1S/C30H25ClN6O5S2/c1-35-26-25(17-4-8-21(9-5-17)41-12-13-42-30(40)23(33)10-11-24(38)39)22(14-32)29(37-27(26)34)44-16-20-15-43-28(36-20)18-2-6-19(31)7-3-18/h2-9,15,23H,10-13,16,33H2,(H2,34,37)(H,38,39)/t23-/m0/s1. The van der Waals surface area contributed by atoms with E-state index >= 15 is 0 Å². The zero-order chi connectivity index (χ0) is 31.6. The van der Waals surface area contributed by atoms with Crippen LogP contribution in [-0.4, -0.2) is 46.3 Å². The number of nitrogens with two attached hydrogens (primary N) is 2. The zero-order valence-corrected chi connectivity index (χ0v) is 25.4. The van der Waals surface area contributed by atoms with Crippen LogP contribution in [0.15, 0.2) is 58.9 Å². The Hall–Kier alpha value is -4.66. The summed E-state index contributed by atoms with van der Waals surface area (Å²) in [6.45, 7) is 7.64. The molecule has 0 unspecified atom stereocenters. The fraction of sp³-hybridized carbons (Fsp3) is 0.200. The van der Waals surface area contributed by atoms with Crippen molar-refractivity contribution in [3.8, 4) is 33.5 Å². The average Bonchev–Trinajstić information content (AvgIpc) is 3.50. The number of rotatable bonds is 13. The van der Waals surface area contributed by atoms with E-state index in [1.54, 1.807) is 36.4 Å². The Balaban J connectivity index is 1.44. The number of ether oxygens (including phenoxy) is 2. The number of hydrogen-bond acceptors (Lipinski definition) is 11. The number of nitrogens with zero attached hydrogens (tertiary/aromatic N) is 4. The maximum absolute atomic E-state index is 11.9. The van der Waals surface area contributed by atoms with Crippen LogP contribution in [0, 0.1) is 17.9 Å². The Bertz CT molecular complexity index is 1730. The molecule has 0 saturated heterocycles. The summed E-state index contributed by atoms with van der Waals surface area (Å²) in [5, 5.41) is 22.6. The van der Waals surface area contributed by atoms with E-state index in [1.807, 2.05) is 17.5 Å². The number of hydrogen-bond donors (Lipinski definition) is 3. The summed E-state index contributed by atoms with van der Waals surface area (Å²) in [7, 11) is 0. The first kappa shape index (κ1) is 32.3. The van der Waals surface area contributed by atoms with Crippen molar-refractivity contribution in [3.63, 3.8) is 0 Å². The van der Waals surface area contributed by atoms with E-state index in [2.05, 4.69) is 20.9 Å². The molecule has 5 N–H and O–H groups in total. The average molecular weight is 649 g/mol. The van der Waals surface area contributed by atoms with Gasteiger partial charge in [0.25, 0.3) is 0 Å². The number of carboxylic acids is 1. The monoisotopic (exact) mass is 648 g/mol. The van der Waals surface area contributed by atoms with E-state index in [-0.39, 0.29) is 43.1 Å². The summed E-state index contributed by atoms with van der Waals surface area (Å²) in [6, 6.07) is 15.3. The van der Waals surface area contributed by atoms with Crippen LogP contribution in [0.1, 0.15) is 24.1 Å². The summed E-state index contributed by atoms with van der Waals surface area (Å²) in [6.07, 6.45) is -0.257. The van der Waals surface area contributed by atoms with Crippen LogP contribution in [0.25, 0.3) is 26.5 Å². The Morgan fingerprint density at radius 2 is 1.84 bits per heavy atom. The molecule has 11 nitrogen and oxygen atoms in total. The quantitative estimate of drug-likeness (QED) is 0.0676. The fourth-order valence-corrected chi connectivity index (χ4v) is 5.88. The van der Waals surface area contributed by atoms with Crippen LogP contribution in [0.2, 0.25) is 5.02 Å². The number of carbonyl (C=O) groups excluding carboxylic acids is 1. The zero-order valence-electron chi connectivity index (χ0n) is 23.0. The van der Waals surface area contributed by atoms with Crippen molar-refractivity contribution in [1.82, 2.24) is 9.97 Å². The lowest BCUT2D eigenvalue weighted by Gasteiger charge is -2.14. The lowest BCUT2D eigenvalue weighted by Crippen LogP contribution is -2.33. The molecule has 0 aliphatic rings. The third-order valence-electron chi connectivity index (χ3n) is 6.10. The fourth-order valence-electron chi connectivity index (χ4n) is 3.94. The van der Waals surface area contributed by atoms with Crippen LogP contribution in [0.3, 0.4) is 0 Å². The molecule has 44 heavy (non-hydrogen) atoms. The molecule has 0 spiro atoms. The van der Waals surface area contributed by atoms with Gasteiger partial charge in [0.15, 0.2) is 0 Å². The van der Waals surface area contributed by atoms with Crippen molar-refractivity contribution in [3.05, 3.63) is 81.6 Å². The summed E-state index contributed by atoms with van der Waals surface area (Å²) in [5.41, 5.74) is 14.8. The number of carbonyl (C=O) groups is 2. The molecule has 0 saturated carbocycles. The van der Waals surface area contributed by atoms with Gasteiger partial charge in [-0.05, 0) is 36.2 Å². The highest BCUT2D eigenvalue weighted by molar-refractivity contribution is 7.98. The van der Waals surface area contributed by atoms with Gasteiger partial charge in [0, 0.05) is 33.7 Å². The van der Waals surface area contributed by atoms with Crippen LogP contribution in [0.4, 0.5) is 11.5 Å². The minimum atomic E-state index is -1.05. The van der Waals surface area contributed by atoms with E-state index in [9.17, 15) is 14.9 Å². The highest BCUT2D eigenvalue weighted by Crippen LogP contribution is 2.42. The second-order valence-corrected chi connectivity index (χ2v) is 11.4. The van der Waals surface area contributed by atoms with Gasteiger partial charge in [0.2, 0.25) is 5.69 Å². The number of anilines is 1. The molecule has 4 aromatic rings. The number of esters is 1. The van der Waals surface area contributed by atoms with Crippen molar-refractivity contribution in [2.24, 2.45) is 5.73 Å².